The first kappa shape index (κ1) is 16.2. The van der Waals surface area contributed by atoms with Crippen molar-refractivity contribution in [2.45, 2.75) is 13.8 Å². The lowest BCUT2D eigenvalue weighted by atomic mass is 10.0. The molecular formula is C23H20N2O. The predicted octanol–water partition coefficient (Wildman–Crippen LogP) is 5.50. The van der Waals surface area contributed by atoms with Gasteiger partial charge in [0.05, 0.1) is 11.3 Å². The molecule has 0 amide bonds. The van der Waals surface area contributed by atoms with Crippen LogP contribution in [-0.2, 0) is 0 Å². The van der Waals surface area contributed by atoms with Crippen LogP contribution >= 0.6 is 0 Å². The number of nitrogens with zero attached hydrogens (tertiary/aromatic N) is 1. The van der Waals surface area contributed by atoms with Crippen LogP contribution in [0.5, 0.6) is 0 Å². The van der Waals surface area contributed by atoms with Crippen molar-refractivity contribution in [3.05, 3.63) is 95.5 Å². The van der Waals surface area contributed by atoms with E-state index in [2.05, 4.69) is 50.2 Å². The maximum Gasteiger partial charge on any atom is 0.249 e. The minimum atomic E-state index is 0.160. The van der Waals surface area contributed by atoms with Gasteiger partial charge in [-0.3, -0.25) is 5.41 Å². The molecule has 0 radical (unpaired) electrons. The van der Waals surface area contributed by atoms with E-state index in [1.165, 1.54) is 11.1 Å². The Balaban J connectivity index is 2.02. The molecule has 0 aliphatic rings. The van der Waals surface area contributed by atoms with Gasteiger partial charge in [-0.05, 0) is 31.5 Å². The van der Waals surface area contributed by atoms with Crippen molar-refractivity contribution in [3.63, 3.8) is 0 Å². The number of hydrogen-bond acceptors (Lipinski definition) is 2. The standard InChI is InChI=1S/C23H20N2O/c1-16-8-12-19(13-9-16)22-21(18-6-4-3-5-7-18)23(24)26-25(22)20-14-10-17(2)11-15-20/h3-15,24H,1-2H3. The Morgan fingerprint density at radius 1 is 0.692 bits per heavy atom. The van der Waals surface area contributed by atoms with Gasteiger partial charge >= 0.3 is 0 Å². The van der Waals surface area contributed by atoms with E-state index in [4.69, 9.17) is 9.93 Å². The maximum absolute atomic E-state index is 8.47. The first-order chi connectivity index (χ1) is 12.6. The molecule has 1 heterocycles. The van der Waals surface area contributed by atoms with Crippen LogP contribution in [0, 0.1) is 19.3 Å². The molecule has 4 aromatic rings. The monoisotopic (exact) mass is 340 g/mol. The SMILES string of the molecule is Cc1ccc(-c2c(-c3ccccc3)c(=N)on2-c2ccc(C)cc2)cc1. The van der Waals surface area contributed by atoms with Crippen LogP contribution in [-0.4, -0.2) is 4.74 Å². The van der Waals surface area contributed by atoms with E-state index in [9.17, 15) is 0 Å². The fourth-order valence-corrected chi connectivity index (χ4v) is 3.10. The lowest BCUT2D eigenvalue weighted by Gasteiger charge is -2.10. The molecule has 0 fully saturated rings. The van der Waals surface area contributed by atoms with E-state index < -0.39 is 0 Å². The number of benzene rings is 3. The third-order valence-corrected chi connectivity index (χ3v) is 4.51. The lowest BCUT2D eigenvalue weighted by molar-refractivity contribution is 0.314. The topological polar surface area (TPSA) is 41.9 Å². The van der Waals surface area contributed by atoms with Crippen molar-refractivity contribution in [1.82, 2.24) is 4.74 Å². The summed E-state index contributed by atoms with van der Waals surface area (Å²) in [5.74, 6) is 0. The third-order valence-electron chi connectivity index (χ3n) is 4.51. The zero-order chi connectivity index (χ0) is 18.1. The molecule has 0 saturated heterocycles. The number of aromatic nitrogens is 1. The summed E-state index contributed by atoms with van der Waals surface area (Å²) >= 11 is 0. The quantitative estimate of drug-likeness (QED) is 0.525. The van der Waals surface area contributed by atoms with Crippen LogP contribution in [0.25, 0.3) is 28.1 Å². The molecular weight excluding hydrogens is 320 g/mol. The summed E-state index contributed by atoms with van der Waals surface area (Å²) < 4.78 is 7.65. The molecule has 128 valence electrons. The van der Waals surface area contributed by atoms with Crippen molar-refractivity contribution < 1.29 is 4.52 Å². The fraction of sp³-hybridized carbons (Fsp3) is 0.0870. The molecule has 4 rings (SSSR count). The van der Waals surface area contributed by atoms with Crippen molar-refractivity contribution in [2.75, 3.05) is 0 Å². The summed E-state index contributed by atoms with van der Waals surface area (Å²) in [7, 11) is 0. The number of nitrogens with one attached hydrogen (secondary N) is 1. The van der Waals surface area contributed by atoms with Gasteiger partial charge in [-0.2, -0.15) is 4.74 Å². The molecule has 0 unspecified atom stereocenters. The highest BCUT2D eigenvalue weighted by Gasteiger charge is 2.19. The maximum atomic E-state index is 8.47. The highest BCUT2D eigenvalue weighted by atomic mass is 16.5. The van der Waals surface area contributed by atoms with Gasteiger partial charge in [0.1, 0.15) is 5.69 Å². The van der Waals surface area contributed by atoms with Gasteiger partial charge in [-0.25, -0.2) is 0 Å². The van der Waals surface area contributed by atoms with E-state index in [1.807, 2.05) is 42.5 Å². The van der Waals surface area contributed by atoms with E-state index >= 15 is 0 Å². The molecule has 1 N–H and O–H groups in total. The van der Waals surface area contributed by atoms with Gasteiger partial charge in [0.15, 0.2) is 0 Å². The molecule has 0 bridgehead atoms. The first-order valence-corrected chi connectivity index (χ1v) is 8.64. The molecule has 3 nitrogen and oxygen atoms in total. The van der Waals surface area contributed by atoms with Crippen molar-refractivity contribution >= 4 is 0 Å². The largest absolute Gasteiger partial charge is 0.354 e. The summed E-state index contributed by atoms with van der Waals surface area (Å²) in [5, 5.41) is 8.47. The van der Waals surface area contributed by atoms with E-state index in [0.29, 0.717) is 0 Å². The van der Waals surface area contributed by atoms with Crippen LogP contribution in [0.15, 0.2) is 83.4 Å². The molecule has 0 atom stereocenters. The summed E-state index contributed by atoms with van der Waals surface area (Å²) in [6.07, 6.45) is 0. The Labute approximate surface area is 152 Å². The van der Waals surface area contributed by atoms with E-state index in [-0.39, 0.29) is 5.55 Å². The molecule has 0 saturated carbocycles. The van der Waals surface area contributed by atoms with Gasteiger partial charge in [-0.15, -0.1) is 0 Å². The molecule has 3 aromatic carbocycles. The lowest BCUT2D eigenvalue weighted by Crippen LogP contribution is -1.97. The molecule has 0 spiro atoms. The minimum absolute atomic E-state index is 0.160. The number of aryl methyl sites for hydroxylation is 2. The summed E-state index contributed by atoms with van der Waals surface area (Å²) in [4.78, 5) is 0. The van der Waals surface area contributed by atoms with E-state index in [0.717, 1.165) is 28.1 Å². The second-order valence-electron chi connectivity index (χ2n) is 6.51. The van der Waals surface area contributed by atoms with Gasteiger partial charge < -0.3 is 4.52 Å². The molecule has 0 aliphatic carbocycles. The van der Waals surface area contributed by atoms with Gasteiger partial charge in [0.2, 0.25) is 5.55 Å². The van der Waals surface area contributed by atoms with Crippen LogP contribution in [0.1, 0.15) is 11.1 Å². The van der Waals surface area contributed by atoms with Crippen molar-refractivity contribution in [3.8, 4) is 28.1 Å². The second kappa shape index (κ2) is 6.52. The van der Waals surface area contributed by atoms with Crippen molar-refractivity contribution in [2.24, 2.45) is 0 Å². The highest BCUT2D eigenvalue weighted by molar-refractivity contribution is 5.81. The molecule has 1 aromatic heterocycles. The highest BCUT2D eigenvalue weighted by Crippen LogP contribution is 2.32. The zero-order valence-corrected chi connectivity index (χ0v) is 14.9. The zero-order valence-electron chi connectivity index (χ0n) is 14.9. The summed E-state index contributed by atoms with van der Waals surface area (Å²) in [6.45, 7) is 4.13. The summed E-state index contributed by atoms with van der Waals surface area (Å²) in [5.41, 5.74) is 7.15. The molecule has 26 heavy (non-hydrogen) atoms. The molecule has 0 aliphatic heterocycles. The Bertz CT molecular complexity index is 1090. The second-order valence-corrected chi connectivity index (χ2v) is 6.51. The average molecular weight is 340 g/mol. The first-order valence-electron chi connectivity index (χ1n) is 8.64. The van der Waals surface area contributed by atoms with Crippen molar-refractivity contribution in [1.29, 1.82) is 5.41 Å². The Kier molecular flexibility index (Phi) is 4.05. The predicted molar refractivity (Wildman–Crippen MR) is 104 cm³/mol. The smallest absolute Gasteiger partial charge is 0.249 e. The van der Waals surface area contributed by atoms with Crippen LogP contribution in [0.4, 0.5) is 0 Å². The Morgan fingerprint density at radius 3 is 1.88 bits per heavy atom. The number of rotatable bonds is 3. The van der Waals surface area contributed by atoms with E-state index in [1.54, 1.807) is 4.74 Å². The summed E-state index contributed by atoms with van der Waals surface area (Å²) in [6, 6.07) is 26.4. The van der Waals surface area contributed by atoms with Gasteiger partial charge in [-0.1, -0.05) is 77.9 Å². The minimum Gasteiger partial charge on any atom is -0.354 e. The van der Waals surface area contributed by atoms with Crippen LogP contribution in [0.2, 0.25) is 0 Å². The van der Waals surface area contributed by atoms with Gasteiger partial charge in [0.25, 0.3) is 0 Å². The van der Waals surface area contributed by atoms with Crippen LogP contribution in [0.3, 0.4) is 0 Å². The normalized spacial score (nSPS) is 10.8. The average Bonchev–Trinajstić information content (AvgIpc) is 3.01. The fourth-order valence-electron chi connectivity index (χ4n) is 3.10. The third kappa shape index (κ3) is 2.88. The number of hydrogen-bond donors (Lipinski definition) is 1. The van der Waals surface area contributed by atoms with Crippen LogP contribution < -0.4 is 5.55 Å². The Hall–Kier alpha value is -3.33. The Morgan fingerprint density at radius 2 is 1.27 bits per heavy atom. The van der Waals surface area contributed by atoms with Gasteiger partial charge in [0, 0.05) is 5.56 Å². The molecule has 3 heteroatoms.